The first-order valence-corrected chi connectivity index (χ1v) is 10.1. The van der Waals surface area contributed by atoms with Crippen LogP contribution in [0.25, 0.3) is 0 Å². The molecule has 1 saturated carbocycles. The van der Waals surface area contributed by atoms with Crippen LogP contribution in [0.2, 0.25) is 5.02 Å². The first-order chi connectivity index (χ1) is 14.4. The molecule has 0 heterocycles. The van der Waals surface area contributed by atoms with Crippen molar-refractivity contribution in [2.45, 2.75) is 30.3 Å². The Morgan fingerprint density at radius 1 is 1.03 bits per heavy atom. The molecule has 1 fully saturated rings. The number of aliphatic hydroxyl groups is 1. The van der Waals surface area contributed by atoms with E-state index in [1.165, 1.54) is 12.1 Å². The summed E-state index contributed by atoms with van der Waals surface area (Å²) in [5, 5.41) is 11.3. The highest BCUT2D eigenvalue weighted by Crippen LogP contribution is 2.59. The summed E-state index contributed by atoms with van der Waals surface area (Å²) in [5.74, 6) is -1.50. The van der Waals surface area contributed by atoms with Crippen molar-refractivity contribution < 1.29 is 18.6 Å². The standard InChI is InChI=1S/C25H21ClF2O2/c1-16(27)24(29)23(25(13-14-25)18-8-10-19(26)11-9-18)17-7-12-21(28)22(15-17)30-20-5-3-2-4-6-20/h2-12,15,23-24,29H,1,13-14H2. The average Bonchev–Trinajstić information content (AvgIpc) is 3.53. The van der Waals surface area contributed by atoms with Gasteiger partial charge in [0, 0.05) is 16.4 Å². The predicted octanol–water partition coefficient (Wildman–Crippen LogP) is 6.93. The first-order valence-electron chi connectivity index (χ1n) is 9.71. The fourth-order valence-electron chi connectivity index (χ4n) is 4.09. The van der Waals surface area contributed by atoms with E-state index in [0.29, 0.717) is 16.3 Å². The lowest BCUT2D eigenvalue weighted by Gasteiger charge is -2.32. The fraction of sp³-hybridized carbons (Fsp3) is 0.200. The van der Waals surface area contributed by atoms with E-state index in [1.54, 1.807) is 42.5 Å². The molecule has 3 aromatic carbocycles. The van der Waals surface area contributed by atoms with Crippen LogP contribution in [-0.4, -0.2) is 11.2 Å². The van der Waals surface area contributed by atoms with Gasteiger partial charge in [0.05, 0.1) is 0 Å². The Bertz CT molecular complexity index is 1050. The van der Waals surface area contributed by atoms with Gasteiger partial charge in [0.2, 0.25) is 0 Å². The van der Waals surface area contributed by atoms with E-state index in [4.69, 9.17) is 16.3 Å². The van der Waals surface area contributed by atoms with Crippen LogP contribution < -0.4 is 4.74 Å². The molecule has 0 saturated heterocycles. The van der Waals surface area contributed by atoms with Gasteiger partial charge in [0.1, 0.15) is 17.7 Å². The van der Waals surface area contributed by atoms with Gasteiger partial charge in [-0.2, -0.15) is 0 Å². The molecular formula is C25H21ClF2O2. The molecule has 0 bridgehead atoms. The van der Waals surface area contributed by atoms with E-state index >= 15 is 0 Å². The van der Waals surface area contributed by atoms with E-state index in [2.05, 4.69) is 6.58 Å². The number of para-hydroxylation sites is 1. The van der Waals surface area contributed by atoms with Gasteiger partial charge >= 0.3 is 0 Å². The molecule has 3 aromatic rings. The third-order valence-corrected chi connectivity index (χ3v) is 5.98. The topological polar surface area (TPSA) is 29.5 Å². The molecule has 154 valence electrons. The van der Waals surface area contributed by atoms with Crippen LogP contribution in [0.3, 0.4) is 0 Å². The Kier molecular flexibility index (Phi) is 5.63. The molecule has 0 aromatic heterocycles. The Morgan fingerprint density at radius 3 is 2.30 bits per heavy atom. The van der Waals surface area contributed by atoms with Gasteiger partial charge < -0.3 is 9.84 Å². The maximum Gasteiger partial charge on any atom is 0.165 e. The molecule has 2 nitrogen and oxygen atoms in total. The Labute approximate surface area is 179 Å². The summed E-state index contributed by atoms with van der Waals surface area (Å²) >= 11 is 6.03. The zero-order valence-corrected chi connectivity index (χ0v) is 16.9. The van der Waals surface area contributed by atoms with Gasteiger partial charge in [-0.05, 0) is 60.4 Å². The molecular weight excluding hydrogens is 406 g/mol. The Morgan fingerprint density at radius 2 is 1.70 bits per heavy atom. The van der Waals surface area contributed by atoms with Crippen LogP contribution in [0, 0.1) is 5.82 Å². The zero-order valence-electron chi connectivity index (χ0n) is 16.2. The Hall–Kier alpha value is -2.69. The van der Waals surface area contributed by atoms with Crippen LogP contribution in [-0.2, 0) is 5.41 Å². The normalized spacial score (nSPS) is 16.5. The number of benzene rings is 3. The summed E-state index contributed by atoms with van der Waals surface area (Å²) in [4.78, 5) is 0. The Balaban J connectivity index is 1.76. The third kappa shape index (κ3) is 3.98. The van der Waals surface area contributed by atoms with Crippen molar-refractivity contribution in [3.05, 3.63) is 107 Å². The number of hydrogen-bond acceptors (Lipinski definition) is 2. The van der Waals surface area contributed by atoms with E-state index < -0.39 is 29.1 Å². The molecule has 4 rings (SSSR count). The molecule has 5 heteroatoms. The van der Waals surface area contributed by atoms with Gasteiger partial charge in [-0.15, -0.1) is 0 Å². The molecule has 1 N–H and O–H groups in total. The van der Waals surface area contributed by atoms with Crippen molar-refractivity contribution in [2.24, 2.45) is 0 Å². The van der Waals surface area contributed by atoms with Crippen molar-refractivity contribution >= 4 is 11.6 Å². The summed E-state index contributed by atoms with van der Waals surface area (Å²) in [5.41, 5.74) is 1.05. The minimum absolute atomic E-state index is 0.0206. The molecule has 0 radical (unpaired) electrons. The molecule has 0 spiro atoms. The van der Waals surface area contributed by atoms with Gasteiger partial charge in [-0.25, -0.2) is 8.78 Å². The van der Waals surface area contributed by atoms with Crippen LogP contribution in [0.15, 0.2) is 85.2 Å². The van der Waals surface area contributed by atoms with Gasteiger partial charge in [-0.3, -0.25) is 0 Å². The fourth-order valence-corrected chi connectivity index (χ4v) is 4.21. The highest BCUT2D eigenvalue weighted by atomic mass is 35.5. The minimum Gasteiger partial charge on any atom is -0.454 e. The number of rotatable bonds is 7. The summed E-state index contributed by atoms with van der Waals surface area (Å²) in [6, 6.07) is 20.6. The average molecular weight is 427 g/mol. The molecule has 1 aliphatic rings. The smallest absolute Gasteiger partial charge is 0.165 e. The van der Waals surface area contributed by atoms with Gasteiger partial charge in [-0.1, -0.05) is 54.6 Å². The number of hydrogen-bond donors (Lipinski definition) is 1. The quantitative estimate of drug-likeness (QED) is 0.443. The molecule has 0 amide bonds. The van der Waals surface area contributed by atoms with Crippen molar-refractivity contribution in [2.75, 3.05) is 0 Å². The van der Waals surface area contributed by atoms with E-state index in [9.17, 15) is 13.9 Å². The third-order valence-electron chi connectivity index (χ3n) is 5.73. The van der Waals surface area contributed by atoms with E-state index in [0.717, 1.165) is 18.4 Å². The van der Waals surface area contributed by atoms with E-state index in [-0.39, 0.29) is 5.75 Å². The monoisotopic (exact) mass is 426 g/mol. The summed E-state index contributed by atoms with van der Waals surface area (Å²) in [6.07, 6.45) is 0.0874. The molecule has 30 heavy (non-hydrogen) atoms. The number of halogens is 3. The van der Waals surface area contributed by atoms with Crippen molar-refractivity contribution in [1.82, 2.24) is 0 Å². The maximum atomic E-state index is 14.5. The highest BCUT2D eigenvalue weighted by molar-refractivity contribution is 6.30. The number of aliphatic hydroxyl groups excluding tert-OH is 1. The lowest BCUT2D eigenvalue weighted by Crippen LogP contribution is -2.30. The minimum atomic E-state index is -1.43. The van der Waals surface area contributed by atoms with Gasteiger partial charge in [0.15, 0.2) is 11.6 Å². The molecule has 1 aliphatic carbocycles. The SMILES string of the molecule is C=C(F)C(O)C(c1ccc(F)c(Oc2ccccc2)c1)C1(c2ccc(Cl)cc2)CC1. The lowest BCUT2D eigenvalue weighted by atomic mass is 9.75. The van der Waals surface area contributed by atoms with Crippen molar-refractivity contribution in [3.63, 3.8) is 0 Å². The maximum absolute atomic E-state index is 14.5. The zero-order chi connectivity index (χ0) is 21.3. The van der Waals surface area contributed by atoms with Crippen LogP contribution in [0.1, 0.15) is 29.9 Å². The lowest BCUT2D eigenvalue weighted by molar-refractivity contribution is 0.135. The predicted molar refractivity (Wildman–Crippen MR) is 114 cm³/mol. The van der Waals surface area contributed by atoms with Crippen molar-refractivity contribution in [1.29, 1.82) is 0 Å². The first kappa shape index (κ1) is 20.6. The number of ether oxygens (including phenoxy) is 1. The summed E-state index contributed by atoms with van der Waals surface area (Å²) in [7, 11) is 0. The largest absolute Gasteiger partial charge is 0.454 e. The second-order valence-electron chi connectivity index (χ2n) is 7.64. The van der Waals surface area contributed by atoms with Crippen LogP contribution in [0.4, 0.5) is 8.78 Å². The van der Waals surface area contributed by atoms with Gasteiger partial charge in [0.25, 0.3) is 0 Å². The van der Waals surface area contributed by atoms with Crippen LogP contribution in [0.5, 0.6) is 11.5 Å². The summed E-state index contributed by atoms with van der Waals surface area (Å²) < 4.78 is 34.3. The molecule has 0 aliphatic heterocycles. The highest BCUT2D eigenvalue weighted by Gasteiger charge is 2.54. The summed E-state index contributed by atoms with van der Waals surface area (Å²) in [6.45, 7) is 3.32. The molecule has 2 unspecified atom stereocenters. The molecule has 2 atom stereocenters. The van der Waals surface area contributed by atoms with Crippen LogP contribution >= 0.6 is 11.6 Å². The second kappa shape index (κ2) is 8.21. The second-order valence-corrected chi connectivity index (χ2v) is 8.07. The van der Waals surface area contributed by atoms with Crippen molar-refractivity contribution in [3.8, 4) is 11.5 Å². The van der Waals surface area contributed by atoms with E-state index in [1.807, 2.05) is 18.2 Å².